The maximum atomic E-state index is 11.1. The molecule has 0 saturated carbocycles. The van der Waals surface area contributed by atoms with E-state index in [4.69, 9.17) is 10.5 Å². The summed E-state index contributed by atoms with van der Waals surface area (Å²) in [6.07, 6.45) is -1.17. The van der Waals surface area contributed by atoms with Crippen LogP contribution >= 0.6 is 0 Å². The molecule has 1 aromatic carbocycles. The van der Waals surface area contributed by atoms with Gasteiger partial charge < -0.3 is 10.5 Å². The molecule has 0 heterocycles. The van der Waals surface area contributed by atoms with E-state index < -0.39 is 18.2 Å². The number of amides is 3. The molecule has 3 amide bonds. The minimum absolute atomic E-state index is 0.407. The maximum absolute atomic E-state index is 11.1. The Morgan fingerprint density at radius 2 is 1.88 bits per heavy atom. The van der Waals surface area contributed by atoms with E-state index in [9.17, 15) is 9.59 Å². The van der Waals surface area contributed by atoms with E-state index in [1.165, 1.54) is 0 Å². The lowest BCUT2D eigenvalue weighted by Gasteiger charge is -2.13. The van der Waals surface area contributed by atoms with Gasteiger partial charge in [-0.2, -0.15) is 0 Å². The highest BCUT2D eigenvalue weighted by Crippen LogP contribution is 2.15. The summed E-state index contributed by atoms with van der Waals surface area (Å²) in [6.45, 7) is 1.72. The zero-order valence-electron chi connectivity index (χ0n) is 8.77. The Kier molecular flexibility index (Phi) is 4.14. The Hall–Kier alpha value is -2.24. The van der Waals surface area contributed by atoms with Gasteiger partial charge in [-0.1, -0.05) is 30.3 Å². The Balaban J connectivity index is 2.43. The third-order valence-electron chi connectivity index (χ3n) is 1.84. The van der Waals surface area contributed by atoms with Crippen LogP contribution < -0.4 is 16.6 Å². The highest BCUT2D eigenvalue weighted by Gasteiger charge is 2.10. The minimum Gasteiger partial charge on any atom is -0.440 e. The Morgan fingerprint density at radius 1 is 1.25 bits per heavy atom. The molecule has 86 valence electrons. The first kappa shape index (κ1) is 11.8. The second-order valence-electron chi connectivity index (χ2n) is 3.07. The third-order valence-corrected chi connectivity index (χ3v) is 1.84. The van der Waals surface area contributed by atoms with Gasteiger partial charge in [-0.25, -0.2) is 20.4 Å². The highest BCUT2D eigenvalue weighted by molar-refractivity contribution is 5.76. The average molecular weight is 223 g/mol. The summed E-state index contributed by atoms with van der Waals surface area (Å²) >= 11 is 0. The lowest BCUT2D eigenvalue weighted by molar-refractivity contribution is 0.104. The molecule has 6 nitrogen and oxygen atoms in total. The second-order valence-corrected chi connectivity index (χ2v) is 3.07. The average Bonchev–Trinajstić information content (AvgIpc) is 2.27. The molecule has 6 heteroatoms. The van der Waals surface area contributed by atoms with Crippen molar-refractivity contribution in [2.75, 3.05) is 0 Å². The number of rotatable bonds is 2. The number of hydrazine groups is 1. The Bertz CT molecular complexity index is 367. The molecule has 0 fully saturated rings. The molecule has 0 bridgehead atoms. The summed E-state index contributed by atoms with van der Waals surface area (Å²) in [4.78, 5) is 21.4. The van der Waals surface area contributed by atoms with Gasteiger partial charge in [0.1, 0.15) is 6.10 Å². The van der Waals surface area contributed by atoms with Crippen molar-refractivity contribution in [1.29, 1.82) is 0 Å². The molecule has 0 aromatic heterocycles. The van der Waals surface area contributed by atoms with Crippen molar-refractivity contribution in [3.05, 3.63) is 35.9 Å². The van der Waals surface area contributed by atoms with Crippen LogP contribution in [0, 0.1) is 0 Å². The zero-order chi connectivity index (χ0) is 12.0. The van der Waals surface area contributed by atoms with E-state index in [2.05, 4.69) is 0 Å². The molecule has 0 spiro atoms. The lowest BCUT2D eigenvalue weighted by atomic mass is 10.1. The fraction of sp³-hybridized carbons (Fsp3) is 0.200. The molecule has 4 N–H and O–H groups in total. The van der Waals surface area contributed by atoms with Crippen molar-refractivity contribution < 1.29 is 14.3 Å². The molecule has 0 aliphatic rings. The third kappa shape index (κ3) is 3.87. The maximum Gasteiger partial charge on any atom is 0.426 e. The first-order valence-electron chi connectivity index (χ1n) is 4.66. The normalized spacial score (nSPS) is 11.3. The van der Waals surface area contributed by atoms with Gasteiger partial charge in [0.15, 0.2) is 0 Å². The fourth-order valence-corrected chi connectivity index (χ4v) is 1.09. The van der Waals surface area contributed by atoms with Crippen molar-refractivity contribution in [2.24, 2.45) is 5.73 Å². The fourth-order valence-electron chi connectivity index (χ4n) is 1.09. The van der Waals surface area contributed by atoms with E-state index in [1.54, 1.807) is 6.92 Å². The summed E-state index contributed by atoms with van der Waals surface area (Å²) < 4.78 is 4.97. The number of nitrogens with two attached hydrogens (primary N) is 1. The Morgan fingerprint density at radius 3 is 2.44 bits per heavy atom. The molecule has 0 saturated heterocycles. The summed E-state index contributed by atoms with van der Waals surface area (Å²) in [5.74, 6) is 0. The number of carbonyl (C=O) groups is 2. The van der Waals surface area contributed by atoms with Crippen molar-refractivity contribution in [3.63, 3.8) is 0 Å². The molecule has 1 rings (SSSR count). The number of nitrogens with one attached hydrogen (secondary N) is 2. The molecule has 1 atom stereocenters. The molecule has 0 aliphatic carbocycles. The first-order valence-corrected chi connectivity index (χ1v) is 4.66. The van der Waals surface area contributed by atoms with Gasteiger partial charge in [0.2, 0.25) is 0 Å². The molecule has 16 heavy (non-hydrogen) atoms. The van der Waals surface area contributed by atoms with Gasteiger partial charge in [-0.15, -0.1) is 0 Å². The number of hydrogen-bond acceptors (Lipinski definition) is 3. The van der Waals surface area contributed by atoms with Crippen molar-refractivity contribution in [1.82, 2.24) is 10.9 Å². The van der Waals surface area contributed by atoms with Crippen molar-refractivity contribution in [3.8, 4) is 0 Å². The summed E-state index contributed by atoms with van der Waals surface area (Å²) in [5.41, 5.74) is 9.53. The van der Waals surface area contributed by atoms with E-state index in [0.29, 0.717) is 0 Å². The number of hydrogen-bond donors (Lipinski definition) is 3. The van der Waals surface area contributed by atoms with E-state index in [0.717, 1.165) is 5.56 Å². The molecule has 1 aromatic rings. The SMILES string of the molecule is CC(OC(=O)NNC(N)=O)c1ccccc1. The topological polar surface area (TPSA) is 93.4 Å². The van der Waals surface area contributed by atoms with Crippen LogP contribution in [0.15, 0.2) is 30.3 Å². The van der Waals surface area contributed by atoms with Crippen LogP contribution in [0.3, 0.4) is 0 Å². The Labute approximate surface area is 92.7 Å². The number of carbonyl (C=O) groups excluding carboxylic acids is 2. The molecule has 0 radical (unpaired) electrons. The molecular weight excluding hydrogens is 210 g/mol. The number of urea groups is 1. The zero-order valence-corrected chi connectivity index (χ0v) is 8.77. The molecule has 1 unspecified atom stereocenters. The van der Waals surface area contributed by atoms with Crippen LogP contribution in [0.4, 0.5) is 9.59 Å². The largest absolute Gasteiger partial charge is 0.440 e. The van der Waals surface area contributed by atoms with E-state index in [1.807, 2.05) is 41.2 Å². The van der Waals surface area contributed by atoms with Crippen LogP contribution in [0.25, 0.3) is 0 Å². The second kappa shape index (κ2) is 5.59. The summed E-state index contributed by atoms with van der Waals surface area (Å²) in [6, 6.07) is 8.36. The van der Waals surface area contributed by atoms with Crippen LogP contribution in [-0.4, -0.2) is 12.1 Å². The predicted octanol–water partition coefficient (Wildman–Crippen LogP) is 1.06. The van der Waals surface area contributed by atoms with Gasteiger partial charge in [-0.3, -0.25) is 0 Å². The van der Waals surface area contributed by atoms with Gasteiger partial charge in [0.25, 0.3) is 0 Å². The first-order chi connectivity index (χ1) is 7.59. The molecular formula is C10H13N3O3. The van der Waals surface area contributed by atoms with Crippen LogP contribution in [0.1, 0.15) is 18.6 Å². The van der Waals surface area contributed by atoms with Gasteiger partial charge in [-0.05, 0) is 12.5 Å². The summed E-state index contributed by atoms with van der Waals surface area (Å²) in [5, 5.41) is 0. The smallest absolute Gasteiger partial charge is 0.426 e. The number of primary amides is 1. The van der Waals surface area contributed by atoms with E-state index >= 15 is 0 Å². The summed E-state index contributed by atoms with van der Waals surface area (Å²) in [7, 11) is 0. The highest BCUT2D eigenvalue weighted by atomic mass is 16.6. The van der Waals surface area contributed by atoms with Crippen molar-refractivity contribution in [2.45, 2.75) is 13.0 Å². The van der Waals surface area contributed by atoms with Crippen LogP contribution in [0.2, 0.25) is 0 Å². The lowest BCUT2D eigenvalue weighted by Crippen LogP contribution is -2.44. The van der Waals surface area contributed by atoms with Gasteiger partial charge in [0, 0.05) is 0 Å². The predicted molar refractivity (Wildman–Crippen MR) is 57.2 cm³/mol. The van der Waals surface area contributed by atoms with Gasteiger partial charge >= 0.3 is 12.1 Å². The van der Waals surface area contributed by atoms with E-state index in [-0.39, 0.29) is 0 Å². The standard InChI is InChI=1S/C10H13N3O3/c1-7(8-5-3-2-4-6-8)16-10(15)13-12-9(11)14/h2-7H,1H3,(H,13,15)(H3,11,12,14). The van der Waals surface area contributed by atoms with Crippen molar-refractivity contribution >= 4 is 12.1 Å². The number of benzene rings is 1. The van der Waals surface area contributed by atoms with Crippen LogP contribution in [-0.2, 0) is 4.74 Å². The van der Waals surface area contributed by atoms with Crippen LogP contribution in [0.5, 0.6) is 0 Å². The quantitative estimate of drug-likeness (QED) is 0.654. The monoisotopic (exact) mass is 223 g/mol. The molecule has 0 aliphatic heterocycles. The van der Waals surface area contributed by atoms with Gasteiger partial charge in [0.05, 0.1) is 0 Å². The number of ether oxygens (including phenoxy) is 1. The minimum atomic E-state index is -0.857.